The third-order valence-electron chi connectivity index (χ3n) is 4.36. The predicted octanol–water partition coefficient (Wildman–Crippen LogP) is 1.41. The number of methoxy groups -OCH3 is 1. The normalized spacial score (nSPS) is 23.8. The molecule has 1 aliphatic heterocycles. The van der Waals surface area contributed by atoms with Crippen LogP contribution in [0.1, 0.15) is 18.5 Å². The number of carbonyl (C=O) groups excluding carboxylic acids is 1. The summed E-state index contributed by atoms with van der Waals surface area (Å²) >= 11 is 0. The van der Waals surface area contributed by atoms with Crippen LogP contribution < -0.4 is 10.1 Å². The number of aromatic nitrogens is 3. The van der Waals surface area contributed by atoms with Crippen LogP contribution in [0.15, 0.2) is 30.6 Å². The van der Waals surface area contributed by atoms with Crippen LogP contribution in [0.2, 0.25) is 0 Å². The Morgan fingerprint density at radius 3 is 2.71 bits per heavy atom. The van der Waals surface area contributed by atoms with Gasteiger partial charge in [-0.15, -0.1) is 0 Å². The molecule has 0 saturated carbocycles. The molecule has 9 nitrogen and oxygen atoms in total. The van der Waals surface area contributed by atoms with Crippen molar-refractivity contribution < 1.29 is 32.9 Å². The smallest absolute Gasteiger partial charge is 0.387 e. The maximum atomic E-state index is 12.8. The standard InChI is InChI=1S/C17H20F2N4O5/c1-17(25)12(14(24)27-8-7-26-2)13(23-16(22-17)20-9-21-23)10-3-5-11(6-4-10)28-15(18)19/h3-6,9,12-13,15,25H,7-8H2,1-2H3,(H,20,21,22)/t12-,13+,17-/m0/s1. The Hall–Kier alpha value is -2.79. The summed E-state index contributed by atoms with van der Waals surface area (Å²) < 4.78 is 40.7. The summed E-state index contributed by atoms with van der Waals surface area (Å²) in [6, 6.07) is 4.95. The van der Waals surface area contributed by atoms with E-state index < -0.39 is 30.3 Å². The van der Waals surface area contributed by atoms with E-state index in [1.807, 2.05) is 0 Å². The van der Waals surface area contributed by atoms with Gasteiger partial charge in [-0.1, -0.05) is 12.1 Å². The van der Waals surface area contributed by atoms with Crippen molar-refractivity contribution in [3.8, 4) is 5.75 Å². The molecular weight excluding hydrogens is 378 g/mol. The van der Waals surface area contributed by atoms with Gasteiger partial charge in [-0.25, -0.2) is 4.68 Å². The summed E-state index contributed by atoms with van der Waals surface area (Å²) in [5.41, 5.74) is -1.17. The molecule has 2 N–H and O–H groups in total. The maximum absolute atomic E-state index is 12.8. The summed E-state index contributed by atoms with van der Waals surface area (Å²) in [6.45, 7) is -1.31. The highest BCUT2D eigenvalue weighted by atomic mass is 19.3. The maximum Gasteiger partial charge on any atom is 0.387 e. The van der Waals surface area contributed by atoms with Crippen LogP contribution in [-0.2, 0) is 14.3 Å². The van der Waals surface area contributed by atoms with Gasteiger partial charge in [-0.3, -0.25) is 4.79 Å². The van der Waals surface area contributed by atoms with Crippen molar-refractivity contribution >= 4 is 11.9 Å². The number of alkyl halides is 2. The summed E-state index contributed by atoms with van der Waals surface area (Å²) in [6.07, 6.45) is 1.28. The lowest BCUT2D eigenvalue weighted by atomic mass is 9.83. The van der Waals surface area contributed by atoms with Crippen LogP contribution in [0.4, 0.5) is 14.7 Å². The van der Waals surface area contributed by atoms with Crippen molar-refractivity contribution in [2.24, 2.45) is 5.92 Å². The number of nitrogens with zero attached hydrogens (tertiary/aromatic N) is 3. The minimum atomic E-state index is -2.95. The number of benzene rings is 1. The largest absolute Gasteiger partial charge is 0.463 e. The van der Waals surface area contributed by atoms with Crippen molar-refractivity contribution in [1.29, 1.82) is 0 Å². The van der Waals surface area contributed by atoms with Crippen molar-refractivity contribution in [3.05, 3.63) is 36.2 Å². The first-order valence-electron chi connectivity index (χ1n) is 8.44. The molecule has 3 rings (SSSR count). The Labute approximate surface area is 159 Å². The SMILES string of the molecule is COCCOC(=O)[C@@H]1[C@@H](c2ccc(OC(F)F)cc2)n2ncnc2N[C@@]1(C)O. The van der Waals surface area contributed by atoms with E-state index in [4.69, 9.17) is 9.47 Å². The average molecular weight is 398 g/mol. The highest BCUT2D eigenvalue weighted by Crippen LogP contribution is 2.41. The van der Waals surface area contributed by atoms with Gasteiger partial charge in [0.05, 0.1) is 12.6 Å². The zero-order valence-electron chi connectivity index (χ0n) is 15.2. The second kappa shape index (κ2) is 8.07. The highest BCUT2D eigenvalue weighted by molar-refractivity contribution is 5.76. The van der Waals surface area contributed by atoms with E-state index in [9.17, 15) is 18.7 Å². The number of anilines is 1. The second-order valence-corrected chi connectivity index (χ2v) is 6.33. The van der Waals surface area contributed by atoms with Crippen LogP contribution in [0, 0.1) is 5.92 Å². The number of rotatable bonds is 7. The minimum Gasteiger partial charge on any atom is -0.463 e. The number of ether oxygens (including phenoxy) is 3. The Balaban J connectivity index is 1.97. The van der Waals surface area contributed by atoms with Crippen molar-refractivity contribution in [2.75, 3.05) is 25.6 Å². The molecule has 0 aliphatic carbocycles. The third kappa shape index (κ3) is 4.04. The third-order valence-corrected chi connectivity index (χ3v) is 4.36. The van der Waals surface area contributed by atoms with E-state index >= 15 is 0 Å². The topological polar surface area (TPSA) is 108 Å². The number of fused-ring (bicyclic) bond motifs is 1. The van der Waals surface area contributed by atoms with E-state index in [1.165, 1.54) is 49.3 Å². The minimum absolute atomic E-state index is 0.0139. The molecule has 2 aromatic rings. The van der Waals surface area contributed by atoms with Gasteiger partial charge in [-0.2, -0.15) is 18.9 Å². The molecule has 2 heterocycles. The lowest BCUT2D eigenvalue weighted by Gasteiger charge is -2.41. The van der Waals surface area contributed by atoms with Crippen LogP contribution in [-0.4, -0.2) is 58.5 Å². The molecule has 0 amide bonds. The summed E-state index contributed by atoms with van der Waals surface area (Å²) in [5.74, 6) is -1.55. The lowest BCUT2D eigenvalue weighted by molar-refractivity contribution is -0.160. The molecule has 152 valence electrons. The molecule has 0 unspecified atom stereocenters. The Kier molecular flexibility index (Phi) is 5.75. The molecule has 28 heavy (non-hydrogen) atoms. The molecule has 1 aromatic carbocycles. The lowest BCUT2D eigenvalue weighted by Crippen LogP contribution is -2.55. The van der Waals surface area contributed by atoms with Gasteiger partial charge in [-0.05, 0) is 24.6 Å². The molecule has 1 aliphatic rings. The number of nitrogens with one attached hydrogen (secondary N) is 1. The molecule has 11 heteroatoms. The molecule has 0 spiro atoms. The number of carbonyl (C=O) groups is 1. The zero-order valence-corrected chi connectivity index (χ0v) is 15.2. The van der Waals surface area contributed by atoms with E-state index in [1.54, 1.807) is 0 Å². The second-order valence-electron chi connectivity index (χ2n) is 6.33. The Bertz CT molecular complexity index is 812. The van der Waals surface area contributed by atoms with E-state index in [-0.39, 0.29) is 24.9 Å². The summed E-state index contributed by atoms with van der Waals surface area (Å²) in [4.78, 5) is 16.8. The van der Waals surface area contributed by atoms with Gasteiger partial charge in [0.15, 0.2) is 5.72 Å². The molecule has 0 saturated heterocycles. The highest BCUT2D eigenvalue weighted by Gasteiger charge is 2.50. The molecule has 0 bridgehead atoms. The van der Waals surface area contributed by atoms with Gasteiger partial charge < -0.3 is 24.6 Å². The molecule has 0 radical (unpaired) electrons. The summed E-state index contributed by atoms with van der Waals surface area (Å²) in [5, 5.41) is 17.8. The van der Waals surface area contributed by atoms with E-state index in [0.29, 0.717) is 5.56 Å². The van der Waals surface area contributed by atoms with Crippen LogP contribution in [0.5, 0.6) is 5.75 Å². The van der Waals surface area contributed by atoms with Gasteiger partial charge >= 0.3 is 12.6 Å². The van der Waals surface area contributed by atoms with Crippen LogP contribution in [0.25, 0.3) is 0 Å². The monoisotopic (exact) mass is 398 g/mol. The number of aliphatic hydroxyl groups is 1. The fraction of sp³-hybridized carbons (Fsp3) is 0.471. The quantitative estimate of drug-likeness (QED) is 0.533. The molecule has 1 aromatic heterocycles. The molecule has 0 fully saturated rings. The van der Waals surface area contributed by atoms with E-state index in [0.717, 1.165) is 0 Å². The predicted molar refractivity (Wildman–Crippen MR) is 91.8 cm³/mol. The fourth-order valence-corrected chi connectivity index (χ4v) is 3.15. The van der Waals surface area contributed by atoms with Gasteiger partial charge in [0.2, 0.25) is 5.95 Å². The van der Waals surface area contributed by atoms with Gasteiger partial charge in [0.1, 0.15) is 24.6 Å². The molecular formula is C17H20F2N4O5. The zero-order chi connectivity index (χ0) is 20.3. The average Bonchev–Trinajstić information content (AvgIpc) is 3.07. The van der Waals surface area contributed by atoms with Gasteiger partial charge in [0, 0.05) is 7.11 Å². The van der Waals surface area contributed by atoms with Crippen molar-refractivity contribution in [2.45, 2.75) is 25.3 Å². The fourth-order valence-electron chi connectivity index (χ4n) is 3.15. The first kappa shape index (κ1) is 20.0. The number of hydrogen-bond acceptors (Lipinski definition) is 8. The van der Waals surface area contributed by atoms with E-state index in [2.05, 4.69) is 20.1 Å². The first-order chi connectivity index (χ1) is 13.3. The number of halogens is 2. The number of esters is 1. The van der Waals surface area contributed by atoms with Crippen molar-refractivity contribution in [3.63, 3.8) is 0 Å². The van der Waals surface area contributed by atoms with Crippen molar-refractivity contribution in [1.82, 2.24) is 14.8 Å². The Morgan fingerprint density at radius 2 is 2.07 bits per heavy atom. The molecule has 3 atom stereocenters. The van der Waals surface area contributed by atoms with Gasteiger partial charge in [0.25, 0.3) is 0 Å². The summed E-state index contributed by atoms with van der Waals surface area (Å²) in [7, 11) is 1.47. The number of hydrogen-bond donors (Lipinski definition) is 2. The Morgan fingerprint density at radius 1 is 1.36 bits per heavy atom. The van der Waals surface area contributed by atoms with Crippen LogP contribution >= 0.6 is 0 Å². The van der Waals surface area contributed by atoms with Crippen LogP contribution in [0.3, 0.4) is 0 Å². The first-order valence-corrected chi connectivity index (χ1v) is 8.44.